The summed E-state index contributed by atoms with van der Waals surface area (Å²) in [5.41, 5.74) is 1.13. The number of aromatic nitrogens is 1. The van der Waals surface area contributed by atoms with E-state index in [4.69, 9.17) is 16.3 Å². The third-order valence-corrected chi connectivity index (χ3v) is 5.52. The second-order valence-corrected chi connectivity index (χ2v) is 7.84. The molecule has 0 unspecified atom stereocenters. The quantitative estimate of drug-likeness (QED) is 0.310. The Morgan fingerprint density at radius 3 is 2.27 bits per heavy atom. The zero-order chi connectivity index (χ0) is 23.4. The summed E-state index contributed by atoms with van der Waals surface area (Å²) in [5, 5.41) is -0.436. The first-order valence-electron chi connectivity index (χ1n) is 10.1. The van der Waals surface area contributed by atoms with Crippen molar-refractivity contribution >= 4 is 11.6 Å². The van der Waals surface area contributed by atoms with Gasteiger partial charge in [-0.25, -0.2) is 0 Å². The summed E-state index contributed by atoms with van der Waals surface area (Å²) in [6.07, 6.45) is -3.04. The Morgan fingerprint density at radius 2 is 1.58 bits per heavy atom. The van der Waals surface area contributed by atoms with E-state index in [1.165, 1.54) is 24.3 Å². The summed E-state index contributed by atoms with van der Waals surface area (Å²) in [4.78, 5) is 12.0. The highest BCUT2D eigenvalue weighted by Gasteiger charge is 2.34. The number of halogens is 4. The van der Waals surface area contributed by atoms with Crippen LogP contribution in [-0.2, 0) is 19.3 Å². The molecule has 0 saturated heterocycles. The molecule has 0 N–H and O–H groups in total. The molecule has 0 amide bonds. The Morgan fingerprint density at radius 1 is 0.848 bits per heavy atom. The van der Waals surface area contributed by atoms with Gasteiger partial charge in [0.05, 0.1) is 16.3 Å². The van der Waals surface area contributed by atoms with Crippen LogP contribution in [0.4, 0.5) is 13.2 Å². The highest BCUT2D eigenvalue weighted by atomic mass is 35.5. The van der Waals surface area contributed by atoms with E-state index in [1.807, 2.05) is 54.6 Å². The van der Waals surface area contributed by atoms with E-state index in [-0.39, 0.29) is 11.0 Å². The summed E-state index contributed by atoms with van der Waals surface area (Å²) < 4.78 is 47.4. The van der Waals surface area contributed by atoms with Crippen molar-refractivity contribution in [3.05, 3.63) is 123 Å². The Hall–Kier alpha value is -3.51. The second-order valence-electron chi connectivity index (χ2n) is 7.46. The summed E-state index contributed by atoms with van der Waals surface area (Å²) in [6.45, 7) is 0.777. The van der Waals surface area contributed by atoms with Gasteiger partial charge in [-0.3, -0.25) is 4.79 Å². The van der Waals surface area contributed by atoms with Crippen LogP contribution in [0.3, 0.4) is 0 Å². The zero-order valence-corrected chi connectivity index (χ0v) is 18.1. The summed E-state index contributed by atoms with van der Waals surface area (Å²) in [5.74, 6) is 0.698. The van der Waals surface area contributed by atoms with Gasteiger partial charge in [0.1, 0.15) is 12.4 Å². The molecule has 4 rings (SSSR count). The van der Waals surface area contributed by atoms with Crippen LogP contribution in [0.15, 0.2) is 95.9 Å². The molecular formula is C26H19ClF3NO2. The molecule has 7 heteroatoms. The maximum Gasteiger partial charge on any atom is 0.417 e. The fourth-order valence-electron chi connectivity index (χ4n) is 3.46. The molecule has 3 nitrogen and oxygen atoms in total. The van der Waals surface area contributed by atoms with Gasteiger partial charge in [-0.15, -0.1) is 0 Å². The summed E-state index contributed by atoms with van der Waals surface area (Å²) in [6, 6.07) is 23.5. The smallest absolute Gasteiger partial charge is 0.417 e. The average Bonchev–Trinajstić information content (AvgIpc) is 2.80. The van der Waals surface area contributed by atoms with Gasteiger partial charge in [-0.2, -0.15) is 13.2 Å². The summed E-state index contributed by atoms with van der Waals surface area (Å²) in [7, 11) is 0. The minimum atomic E-state index is -4.59. The predicted octanol–water partition coefficient (Wildman–Crippen LogP) is 6.81. The number of ether oxygens (including phenoxy) is 1. The van der Waals surface area contributed by atoms with E-state index >= 15 is 0 Å². The molecule has 0 saturated carbocycles. The number of benzene rings is 3. The third kappa shape index (κ3) is 5.46. The van der Waals surface area contributed by atoms with E-state index in [2.05, 4.69) is 0 Å². The van der Waals surface area contributed by atoms with E-state index < -0.39 is 16.8 Å². The van der Waals surface area contributed by atoms with E-state index in [0.29, 0.717) is 24.6 Å². The molecule has 0 radical (unpaired) electrons. The lowest BCUT2D eigenvalue weighted by atomic mass is 10.1. The fraction of sp³-hybridized carbons (Fsp3) is 0.115. The van der Waals surface area contributed by atoms with Gasteiger partial charge in [-0.1, -0.05) is 66.2 Å². The maximum atomic E-state index is 13.3. The standard InChI is InChI=1S/C26H19ClF3NO2/c27-25-22(7-4-8-23(25)26(28,29)30)24-15-20(32)13-14-31(24)16-18-9-11-21(12-10-18)33-17-19-5-2-1-3-6-19/h1-15H,16-17H2. The number of alkyl halides is 3. The van der Waals surface area contributed by atoms with E-state index in [0.717, 1.165) is 17.2 Å². The topological polar surface area (TPSA) is 31.2 Å². The number of nitrogens with zero attached hydrogens (tertiary/aromatic N) is 1. The van der Waals surface area contributed by atoms with Crippen molar-refractivity contribution in [1.82, 2.24) is 4.57 Å². The minimum Gasteiger partial charge on any atom is -0.489 e. The normalized spacial score (nSPS) is 11.4. The molecule has 33 heavy (non-hydrogen) atoms. The number of pyridine rings is 1. The molecule has 1 aromatic heterocycles. The van der Waals surface area contributed by atoms with Gasteiger partial charge in [0.25, 0.3) is 0 Å². The van der Waals surface area contributed by atoms with Crippen molar-refractivity contribution in [2.75, 3.05) is 0 Å². The molecule has 0 bridgehead atoms. The van der Waals surface area contributed by atoms with Crippen LogP contribution in [0.1, 0.15) is 16.7 Å². The van der Waals surface area contributed by atoms with Crippen molar-refractivity contribution in [1.29, 1.82) is 0 Å². The second kappa shape index (κ2) is 9.55. The van der Waals surface area contributed by atoms with Gasteiger partial charge in [-0.05, 0) is 29.3 Å². The average molecular weight is 470 g/mol. The maximum absolute atomic E-state index is 13.3. The molecule has 0 aliphatic rings. The number of hydrogen-bond acceptors (Lipinski definition) is 2. The SMILES string of the molecule is O=c1ccn(Cc2ccc(OCc3ccccc3)cc2)c(-c2cccc(C(F)(F)F)c2Cl)c1. The Kier molecular flexibility index (Phi) is 6.56. The molecule has 168 valence electrons. The number of hydrogen-bond donors (Lipinski definition) is 0. The van der Waals surface area contributed by atoms with Crippen LogP contribution in [0.5, 0.6) is 5.75 Å². The highest BCUT2D eigenvalue weighted by Crippen LogP contribution is 2.39. The van der Waals surface area contributed by atoms with Crippen LogP contribution in [0.25, 0.3) is 11.3 Å². The highest BCUT2D eigenvalue weighted by molar-refractivity contribution is 6.34. The largest absolute Gasteiger partial charge is 0.489 e. The lowest BCUT2D eigenvalue weighted by Crippen LogP contribution is -2.11. The predicted molar refractivity (Wildman–Crippen MR) is 122 cm³/mol. The van der Waals surface area contributed by atoms with Gasteiger partial charge >= 0.3 is 6.18 Å². The summed E-state index contributed by atoms with van der Waals surface area (Å²) >= 11 is 6.11. The molecule has 0 aliphatic carbocycles. The Labute approximate surface area is 193 Å². The van der Waals surface area contributed by atoms with Crippen molar-refractivity contribution in [2.45, 2.75) is 19.3 Å². The van der Waals surface area contributed by atoms with E-state index in [1.54, 1.807) is 10.8 Å². The lowest BCUT2D eigenvalue weighted by molar-refractivity contribution is -0.137. The van der Waals surface area contributed by atoms with Gasteiger partial charge in [0.2, 0.25) is 0 Å². The first kappa shape index (κ1) is 22.7. The fourth-order valence-corrected chi connectivity index (χ4v) is 3.79. The van der Waals surface area contributed by atoms with Gasteiger partial charge < -0.3 is 9.30 Å². The lowest BCUT2D eigenvalue weighted by Gasteiger charge is -2.17. The molecule has 0 aliphatic heterocycles. The molecule has 1 heterocycles. The van der Waals surface area contributed by atoms with Crippen molar-refractivity contribution in [2.24, 2.45) is 0 Å². The Bertz CT molecular complexity index is 1300. The van der Waals surface area contributed by atoms with Gasteiger partial charge in [0, 0.05) is 30.4 Å². The van der Waals surface area contributed by atoms with Crippen LogP contribution in [0.2, 0.25) is 5.02 Å². The third-order valence-electron chi connectivity index (χ3n) is 5.11. The molecule has 4 aromatic rings. The molecular weight excluding hydrogens is 451 g/mol. The van der Waals surface area contributed by atoms with Crippen LogP contribution < -0.4 is 10.2 Å². The van der Waals surface area contributed by atoms with Crippen molar-refractivity contribution in [3.8, 4) is 17.0 Å². The minimum absolute atomic E-state index is 0.145. The van der Waals surface area contributed by atoms with Crippen LogP contribution >= 0.6 is 11.6 Å². The van der Waals surface area contributed by atoms with E-state index in [9.17, 15) is 18.0 Å². The molecule has 3 aromatic carbocycles. The van der Waals surface area contributed by atoms with Crippen LogP contribution in [0, 0.1) is 0 Å². The number of rotatable bonds is 6. The molecule has 0 fully saturated rings. The van der Waals surface area contributed by atoms with Gasteiger partial charge in [0.15, 0.2) is 5.43 Å². The zero-order valence-electron chi connectivity index (χ0n) is 17.4. The first-order valence-corrected chi connectivity index (χ1v) is 10.5. The monoisotopic (exact) mass is 469 g/mol. The van der Waals surface area contributed by atoms with Crippen LogP contribution in [-0.4, -0.2) is 4.57 Å². The molecule has 0 atom stereocenters. The first-order chi connectivity index (χ1) is 15.8. The molecule has 0 spiro atoms. The van der Waals surface area contributed by atoms with Crippen molar-refractivity contribution < 1.29 is 17.9 Å². The Balaban J connectivity index is 1.58. The van der Waals surface area contributed by atoms with Crippen molar-refractivity contribution in [3.63, 3.8) is 0 Å².